The third-order valence-electron chi connectivity index (χ3n) is 7.19. The highest BCUT2D eigenvalue weighted by atomic mass is 79.9. The lowest BCUT2D eigenvalue weighted by Crippen LogP contribution is -2.35. The van der Waals surface area contributed by atoms with Crippen molar-refractivity contribution in [2.75, 3.05) is 28.2 Å². The lowest BCUT2D eigenvalue weighted by Gasteiger charge is -2.31. The zero-order valence-electron chi connectivity index (χ0n) is 23.8. The Balaban J connectivity index is 0.000000156. The Morgan fingerprint density at radius 2 is 1.25 bits per heavy atom. The number of halogens is 2. The summed E-state index contributed by atoms with van der Waals surface area (Å²) in [4.78, 5) is 26.6. The maximum absolute atomic E-state index is 12.2. The van der Waals surface area contributed by atoms with Gasteiger partial charge in [-0.25, -0.2) is 0 Å². The highest BCUT2D eigenvalue weighted by molar-refractivity contribution is 9.10. The highest BCUT2D eigenvalue weighted by Gasteiger charge is 2.28. The van der Waals surface area contributed by atoms with E-state index in [1.54, 1.807) is 30.0 Å². The fourth-order valence-electron chi connectivity index (χ4n) is 4.99. The van der Waals surface area contributed by atoms with Crippen LogP contribution in [0.1, 0.15) is 12.8 Å². The minimum atomic E-state index is -0.0133. The Labute approximate surface area is 283 Å². The average molecular weight is 751 g/mol. The number of nitrogens with zero attached hydrogens (tertiary/aromatic N) is 2. The summed E-state index contributed by atoms with van der Waals surface area (Å²) in [5.41, 5.74) is 6.89. The fourth-order valence-corrected chi connectivity index (χ4v) is 7.90. The molecule has 0 saturated heterocycles. The molecule has 0 bridgehead atoms. The molecule has 0 spiro atoms. The number of benzene rings is 4. The molecule has 44 heavy (non-hydrogen) atoms. The molecule has 1 saturated carbocycles. The molecular formula is C34H30Br2N4O2S2. The maximum atomic E-state index is 12.2. The van der Waals surface area contributed by atoms with Crippen LogP contribution in [0.5, 0.6) is 0 Å². The van der Waals surface area contributed by atoms with Crippen molar-refractivity contribution in [1.29, 1.82) is 0 Å². The smallest absolute Gasteiger partial charge is 0.240 e. The van der Waals surface area contributed by atoms with E-state index in [2.05, 4.69) is 102 Å². The Bertz CT molecular complexity index is 1730. The second-order valence-corrected chi connectivity index (χ2v) is 14.5. The van der Waals surface area contributed by atoms with Crippen molar-refractivity contribution in [2.24, 2.45) is 0 Å². The van der Waals surface area contributed by atoms with Crippen LogP contribution in [-0.4, -0.2) is 37.5 Å². The molecule has 2 N–H and O–H groups in total. The van der Waals surface area contributed by atoms with Gasteiger partial charge in [0, 0.05) is 42.4 Å². The van der Waals surface area contributed by atoms with Crippen LogP contribution < -0.4 is 19.2 Å². The summed E-state index contributed by atoms with van der Waals surface area (Å²) < 4.78 is 6.20. The van der Waals surface area contributed by atoms with Gasteiger partial charge in [0.25, 0.3) is 0 Å². The van der Waals surface area contributed by atoms with Gasteiger partial charge < -0.3 is 19.2 Å². The van der Waals surface area contributed by atoms with Gasteiger partial charge in [-0.15, -0.1) is 6.58 Å². The van der Waals surface area contributed by atoms with Crippen LogP contribution in [0.4, 0.5) is 11.4 Å². The molecule has 0 unspecified atom stereocenters. The van der Waals surface area contributed by atoms with Crippen LogP contribution >= 0.6 is 55.8 Å². The lowest BCUT2D eigenvalue weighted by molar-refractivity contribution is -0.120. The molecule has 6 nitrogen and oxygen atoms in total. The molecule has 3 aliphatic rings. The summed E-state index contributed by atoms with van der Waals surface area (Å²) in [6, 6.07) is 29.4. The Kier molecular flexibility index (Phi) is 9.71. The van der Waals surface area contributed by atoms with Crippen molar-refractivity contribution in [3.05, 3.63) is 107 Å². The Morgan fingerprint density at radius 3 is 1.75 bits per heavy atom. The number of carbonyl (C=O) groups is 2. The molecule has 0 aromatic heterocycles. The lowest BCUT2D eigenvalue weighted by atomic mass is 10.0. The minimum Gasteiger partial charge on any atom is -0.352 e. The van der Waals surface area contributed by atoms with E-state index in [9.17, 15) is 9.59 Å². The molecule has 2 heterocycles. The van der Waals surface area contributed by atoms with Gasteiger partial charge in [-0.05, 0) is 96.4 Å². The van der Waals surface area contributed by atoms with E-state index in [1.165, 1.54) is 21.6 Å². The first kappa shape index (κ1) is 30.8. The monoisotopic (exact) mass is 748 g/mol. The summed E-state index contributed by atoms with van der Waals surface area (Å²) in [7, 11) is 0. The molecule has 7 rings (SSSR count). The first-order chi connectivity index (χ1) is 21.4. The van der Waals surface area contributed by atoms with Gasteiger partial charge in [-0.2, -0.15) is 0 Å². The predicted molar refractivity (Wildman–Crippen MR) is 190 cm³/mol. The van der Waals surface area contributed by atoms with Crippen LogP contribution in [0.2, 0.25) is 0 Å². The van der Waals surface area contributed by atoms with Crippen LogP contribution in [0.25, 0.3) is 22.3 Å². The second-order valence-electron chi connectivity index (χ2n) is 10.5. The Hall–Kier alpha value is -3.18. The van der Waals surface area contributed by atoms with Crippen molar-refractivity contribution >= 4 is 78.9 Å². The van der Waals surface area contributed by atoms with E-state index in [1.807, 2.05) is 40.7 Å². The van der Waals surface area contributed by atoms with Crippen molar-refractivity contribution in [3.8, 4) is 22.3 Å². The fraction of sp³-hybridized carbons (Fsp3) is 0.176. The zero-order valence-corrected chi connectivity index (χ0v) is 28.6. The summed E-state index contributed by atoms with van der Waals surface area (Å²) in [6.45, 7) is 4.79. The quantitative estimate of drug-likeness (QED) is 0.146. The molecule has 10 heteroatoms. The molecule has 0 radical (unpaired) electrons. The second kappa shape index (κ2) is 13.9. The molecule has 1 aliphatic carbocycles. The van der Waals surface area contributed by atoms with Gasteiger partial charge in [0.2, 0.25) is 11.8 Å². The van der Waals surface area contributed by atoms with E-state index in [-0.39, 0.29) is 11.8 Å². The molecule has 2 aliphatic heterocycles. The summed E-state index contributed by atoms with van der Waals surface area (Å²) >= 11 is 10.3. The molecular weight excluding hydrogens is 720 g/mol. The number of hydrogen-bond acceptors (Lipinski definition) is 6. The third-order valence-corrected chi connectivity index (χ3v) is 10.4. The van der Waals surface area contributed by atoms with E-state index >= 15 is 0 Å². The third kappa shape index (κ3) is 7.20. The van der Waals surface area contributed by atoms with Crippen LogP contribution in [-0.2, 0) is 9.59 Å². The zero-order chi connectivity index (χ0) is 30.6. The van der Waals surface area contributed by atoms with Gasteiger partial charge in [-0.3, -0.25) is 9.59 Å². The van der Waals surface area contributed by atoms with E-state index < -0.39 is 0 Å². The molecule has 4 aromatic carbocycles. The highest BCUT2D eigenvalue weighted by Crippen LogP contribution is 2.48. The van der Waals surface area contributed by atoms with Crippen molar-refractivity contribution in [1.82, 2.24) is 10.6 Å². The number of hydrogen-bond donors (Lipinski definition) is 2. The summed E-state index contributed by atoms with van der Waals surface area (Å²) in [5, 5.41) is 5.89. The SMILES string of the molecule is C=CCNC(=O)CN1Sc2ccccc2-c2cc(Br)ccc21.O=C(CN1Sc2ccccc2-c2cc(Br)ccc21)NC1CC1. The van der Waals surface area contributed by atoms with E-state index in [0.29, 0.717) is 25.7 Å². The van der Waals surface area contributed by atoms with Gasteiger partial charge in [0.1, 0.15) is 13.1 Å². The summed E-state index contributed by atoms with van der Waals surface area (Å²) in [6.07, 6.45) is 3.91. The first-order valence-corrected chi connectivity index (χ1v) is 17.4. The number of amides is 2. The number of fused-ring (bicyclic) bond motifs is 6. The van der Waals surface area contributed by atoms with E-state index in [4.69, 9.17) is 0 Å². The minimum absolute atomic E-state index is 0.0133. The summed E-state index contributed by atoms with van der Waals surface area (Å²) in [5.74, 6) is 0.0869. The molecule has 224 valence electrons. The van der Waals surface area contributed by atoms with Gasteiger partial charge in [0.05, 0.1) is 11.4 Å². The number of anilines is 2. The van der Waals surface area contributed by atoms with Crippen LogP contribution in [0, 0.1) is 0 Å². The standard InChI is InChI=1S/2C17H15BrN2OS/c18-11-5-8-15-14(9-11)13-3-1-2-4-16(13)22-20(15)10-17(21)19-12-6-7-12;1-2-9-19-17(21)11-20-15-8-7-12(18)10-14(15)13-5-3-4-6-16(13)22-20/h1-5,8-9,12H,6-7,10H2,(H,19,21);2-8,10H,1,9,11H2,(H,19,21). The van der Waals surface area contributed by atoms with E-state index in [0.717, 1.165) is 43.6 Å². The molecule has 4 aromatic rings. The predicted octanol–water partition coefficient (Wildman–Crippen LogP) is 8.47. The van der Waals surface area contributed by atoms with Crippen molar-refractivity contribution in [3.63, 3.8) is 0 Å². The van der Waals surface area contributed by atoms with Gasteiger partial charge >= 0.3 is 0 Å². The molecule has 2 amide bonds. The topological polar surface area (TPSA) is 64.7 Å². The number of nitrogens with one attached hydrogen (secondary N) is 2. The first-order valence-electron chi connectivity index (χ1n) is 14.3. The van der Waals surface area contributed by atoms with Gasteiger partial charge in [-0.1, -0.05) is 74.3 Å². The maximum Gasteiger partial charge on any atom is 0.240 e. The van der Waals surface area contributed by atoms with Crippen LogP contribution in [0.3, 0.4) is 0 Å². The van der Waals surface area contributed by atoms with Crippen molar-refractivity contribution < 1.29 is 9.59 Å². The normalized spacial score (nSPS) is 14.1. The van der Waals surface area contributed by atoms with Gasteiger partial charge in [0.15, 0.2) is 0 Å². The molecule has 1 fully saturated rings. The van der Waals surface area contributed by atoms with Crippen molar-refractivity contribution in [2.45, 2.75) is 28.7 Å². The largest absolute Gasteiger partial charge is 0.352 e. The number of carbonyl (C=O) groups excluding carboxylic acids is 2. The average Bonchev–Trinajstić information content (AvgIpc) is 3.84. The Morgan fingerprint density at radius 1 is 0.750 bits per heavy atom. The number of rotatable bonds is 7. The molecule has 0 atom stereocenters. The van der Waals surface area contributed by atoms with Crippen LogP contribution in [0.15, 0.2) is 116 Å².